The van der Waals surface area contributed by atoms with Crippen molar-refractivity contribution in [2.45, 2.75) is 6.92 Å². The summed E-state index contributed by atoms with van der Waals surface area (Å²) in [5.74, 6) is -4.01. The molecule has 0 fully saturated rings. The number of rotatable bonds is 18. The Hall–Kier alpha value is -1.66. The second-order valence-electron chi connectivity index (χ2n) is 6.73. The molecule has 0 saturated carbocycles. The van der Waals surface area contributed by atoms with Crippen molar-refractivity contribution >= 4 is 23.9 Å². The van der Waals surface area contributed by atoms with E-state index >= 15 is 0 Å². The van der Waals surface area contributed by atoms with Gasteiger partial charge in [-0.2, -0.15) is 0 Å². The zero-order valence-electron chi connectivity index (χ0n) is 17.7. The van der Waals surface area contributed by atoms with Gasteiger partial charge in [0.15, 0.2) is 0 Å². The first-order valence-electron chi connectivity index (χ1n) is 9.26. The third-order valence-corrected chi connectivity index (χ3v) is 4.19. The minimum absolute atomic E-state index is 0. The van der Waals surface area contributed by atoms with Crippen LogP contribution in [0.1, 0.15) is 6.92 Å². The van der Waals surface area contributed by atoms with Crippen molar-refractivity contribution in [2.24, 2.45) is 0 Å². The fourth-order valence-corrected chi connectivity index (χ4v) is 2.65. The molecule has 0 unspecified atom stereocenters. The van der Waals surface area contributed by atoms with Gasteiger partial charge in [-0.05, 0) is 13.6 Å². The number of carbonyl (C=O) groups is 4. The first-order valence-corrected chi connectivity index (χ1v) is 9.26. The molecule has 0 saturated heterocycles. The van der Waals surface area contributed by atoms with Crippen LogP contribution in [0, 0.1) is 0 Å². The smallest absolute Gasteiger partial charge is 0.317 e. The Labute approximate surface area is 188 Å². The molecule has 0 atom stereocenters. The largest absolute Gasteiger partial charge is 0.480 e. The van der Waals surface area contributed by atoms with E-state index in [1.54, 1.807) is 26.6 Å². The van der Waals surface area contributed by atoms with E-state index in [1.807, 2.05) is 6.92 Å². The summed E-state index contributed by atoms with van der Waals surface area (Å²) >= 11 is 0. The maximum Gasteiger partial charge on any atom is 0.317 e. The van der Waals surface area contributed by atoms with E-state index in [2.05, 4.69) is 0 Å². The number of likely N-dealkylation sites (N-methyl/N-ethyl adjacent to an activating group) is 2. The van der Waals surface area contributed by atoms with E-state index in [0.717, 1.165) is 0 Å². The first-order chi connectivity index (χ1) is 13.5. The van der Waals surface area contributed by atoms with Crippen LogP contribution in [0.25, 0.3) is 0 Å². The minimum Gasteiger partial charge on any atom is -0.480 e. The molecule has 0 aliphatic heterocycles. The van der Waals surface area contributed by atoms with Gasteiger partial charge < -0.3 is 20.4 Å². The molecule has 0 aromatic carbocycles. The fourth-order valence-electron chi connectivity index (χ4n) is 2.65. The second kappa shape index (κ2) is 17.1. The van der Waals surface area contributed by atoms with Crippen molar-refractivity contribution in [1.82, 2.24) is 19.6 Å². The van der Waals surface area contributed by atoms with Crippen molar-refractivity contribution in [1.29, 1.82) is 0 Å². The summed E-state index contributed by atoms with van der Waals surface area (Å²) < 4.78 is 0. The number of aliphatic carboxylic acids is 4. The monoisotopic (exact) mass is 484 g/mol. The van der Waals surface area contributed by atoms with Crippen LogP contribution >= 0.6 is 0 Å². The molecule has 12 nitrogen and oxygen atoms in total. The average Bonchev–Trinajstić information content (AvgIpc) is 2.58. The van der Waals surface area contributed by atoms with Crippen LogP contribution in [-0.4, -0.2) is 143 Å². The van der Waals surface area contributed by atoms with E-state index in [1.165, 1.54) is 0 Å². The van der Waals surface area contributed by atoms with Crippen LogP contribution < -0.4 is 0 Å². The van der Waals surface area contributed by atoms with E-state index in [0.29, 0.717) is 32.7 Å². The SMILES string of the molecule is CCN(CCN(CCN(CCN(C)CC(=O)O)CC(=O)O)CC(=O)O)CC(=O)O.[Zn]. The van der Waals surface area contributed by atoms with E-state index < -0.39 is 23.9 Å². The summed E-state index contributed by atoms with van der Waals surface area (Å²) in [4.78, 5) is 50.3. The molecule has 0 aliphatic carbocycles. The van der Waals surface area contributed by atoms with Crippen molar-refractivity contribution in [3.05, 3.63) is 0 Å². The molecule has 170 valence electrons. The summed E-state index contributed by atoms with van der Waals surface area (Å²) in [7, 11) is 1.62. The Morgan fingerprint density at radius 2 is 0.867 bits per heavy atom. The molecule has 0 rings (SSSR count). The van der Waals surface area contributed by atoms with Crippen LogP contribution in [0.2, 0.25) is 0 Å². The Morgan fingerprint density at radius 1 is 0.567 bits per heavy atom. The van der Waals surface area contributed by atoms with Crippen molar-refractivity contribution in [2.75, 3.05) is 79.0 Å². The Balaban J connectivity index is 0. The van der Waals surface area contributed by atoms with Crippen molar-refractivity contribution < 1.29 is 59.1 Å². The van der Waals surface area contributed by atoms with Crippen molar-refractivity contribution in [3.8, 4) is 0 Å². The summed E-state index contributed by atoms with van der Waals surface area (Å²) in [5.41, 5.74) is 0. The molecule has 0 spiro atoms. The Morgan fingerprint density at radius 3 is 1.20 bits per heavy atom. The summed E-state index contributed by atoms with van der Waals surface area (Å²) in [6, 6.07) is 0. The van der Waals surface area contributed by atoms with E-state index in [9.17, 15) is 19.2 Å². The normalized spacial score (nSPS) is 11.1. The number of nitrogens with zero attached hydrogens (tertiary/aromatic N) is 4. The van der Waals surface area contributed by atoms with Crippen LogP contribution in [0.5, 0.6) is 0 Å². The number of hydrogen-bond acceptors (Lipinski definition) is 8. The van der Waals surface area contributed by atoms with Crippen LogP contribution in [-0.2, 0) is 38.7 Å². The van der Waals surface area contributed by atoms with Crippen molar-refractivity contribution in [3.63, 3.8) is 0 Å². The standard InChI is InChI=1S/C17H32N4O8.Zn/c1-3-19(11-15(24)25)6-7-21(13-17(28)29)9-8-20(12-16(26)27)5-4-18(2)10-14(22)23;/h3-13H2,1-2H3,(H,22,23)(H,24,25)(H,26,27)(H,28,29);. The molecule has 0 radical (unpaired) electrons. The Bertz CT molecular complexity index is 552. The predicted molar refractivity (Wildman–Crippen MR) is 103 cm³/mol. The quantitative estimate of drug-likeness (QED) is 0.161. The van der Waals surface area contributed by atoms with Gasteiger partial charge in [0.25, 0.3) is 0 Å². The van der Waals surface area contributed by atoms with Gasteiger partial charge in [-0.15, -0.1) is 0 Å². The molecule has 13 heteroatoms. The Kier molecular flexibility index (Phi) is 17.4. The molecular weight excluding hydrogens is 454 g/mol. The third kappa shape index (κ3) is 17.2. The van der Waals surface area contributed by atoms with Gasteiger partial charge in [0.2, 0.25) is 0 Å². The summed E-state index contributed by atoms with van der Waals surface area (Å²) in [6.45, 7) is 3.45. The molecule has 4 N–H and O–H groups in total. The first kappa shape index (κ1) is 30.5. The number of hydrogen-bond donors (Lipinski definition) is 4. The van der Waals surface area contributed by atoms with E-state index in [-0.39, 0.29) is 58.7 Å². The summed E-state index contributed by atoms with van der Waals surface area (Å²) in [6.07, 6.45) is 0. The maximum absolute atomic E-state index is 11.1. The van der Waals surface area contributed by atoms with Crippen LogP contribution in [0.3, 0.4) is 0 Å². The fraction of sp³-hybridized carbons (Fsp3) is 0.765. The molecule has 0 amide bonds. The predicted octanol–water partition coefficient (Wildman–Crippen LogP) is -1.82. The van der Waals surface area contributed by atoms with Crippen LogP contribution in [0.4, 0.5) is 0 Å². The van der Waals surface area contributed by atoms with E-state index in [4.69, 9.17) is 20.4 Å². The van der Waals surface area contributed by atoms with Gasteiger partial charge in [-0.25, -0.2) is 0 Å². The third-order valence-electron chi connectivity index (χ3n) is 4.19. The second-order valence-corrected chi connectivity index (χ2v) is 6.73. The molecule has 30 heavy (non-hydrogen) atoms. The van der Waals surface area contributed by atoms with Gasteiger partial charge in [0, 0.05) is 58.7 Å². The number of carboxylic acid groups (broad SMARTS) is 4. The molecule has 0 bridgehead atoms. The van der Waals surface area contributed by atoms with Gasteiger partial charge >= 0.3 is 23.9 Å². The molecular formula is C17H32N4O8Zn. The topological polar surface area (TPSA) is 162 Å². The minimum atomic E-state index is -1.03. The average molecular weight is 486 g/mol. The van der Waals surface area contributed by atoms with Gasteiger partial charge in [0.05, 0.1) is 26.2 Å². The van der Waals surface area contributed by atoms with Gasteiger partial charge in [-0.1, -0.05) is 6.92 Å². The molecule has 0 heterocycles. The van der Waals surface area contributed by atoms with Gasteiger partial charge in [0.1, 0.15) is 0 Å². The van der Waals surface area contributed by atoms with Crippen LogP contribution in [0.15, 0.2) is 0 Å². The maximum atomic E-state index is 11.1. The molecule has 0 aromatic heterocycles. The zero-order valence-corrected chi connectivity index (χ0v) is 20.7. The summed E-state index contributed by atoms with van der Waals surface area (Å²) in [5, 5.41) is 35.9. The molecule has 0 aliphatic rings. The molecule has 0 aromatic rings. The number of carboxylic acids is 4. The van der Waals surface area contributed by atoms with Gasteiger partial charge in [-0.3, -0.25) is 38.8 Å². The zero-order chi connectivity index (χ0) is 22.4.